The fourth-order valence-corrected chi connectivity index (χ4v) is 10.1. The number of benzene rings is 4. The number of furan rings is 1. The quantitative estimate of drug-likeness (QED) is 0.162. The van der Waals surface area contributed by atoms with E-state index in [4.69, 9.17) is 4.42 Å². The number of hydrogen-bond acceptors (Lipinski definition) is 3. The Labute approximate surface area is 370 Å². The minimum Gasteiger partial charge on any atom is -0.472 e. The van der Waals surface area contributed by atoms with Gasteiger partial charge < -0.3 is 14.2 Å². The summed E-state index contributed by atoms with van der Waals surface area (Å²) in [7, 11) is 0. The predicted octanol–water partition coefficient (Wildman–Crippen LogP) is 14.5. The molecular formula is C57H75BN2O. The van der Waals surface area contributed by atoms with E-state index < -0.39 is 0 Å². The molecule has 0 saturated heterocycles. The molecule has 0 spiro atoms. The van der Waals surface area contributed by atoms with Crippen LogP contribution in [0.15, 0.2) is 71.1 Å². The van der Waals surface area contributed by atoms with Crippen LogP contribution < -0.4 is 26.4 Å². The first-order valence-corrected chi connectivity index (χ1v) is 23.2. The third-order valence-corrected chi connectivity index (χ3v) is 14.4. The van der Waals surface area contributed by atoms with Crippen LogP contribution in [0.3, 0.4) is 0 Å². The van der Waals surface area contributed by atoms with Crippen molar-refractivity contribution < 1.29 is 4.42 Å². The van der Waals surface area contributed by atoms with Crippen molar-refractivity contribution in [2.45, 2.75) is 189 Å². The molecule has 4 heteroatoms. The normalized spacial score (nSPS) is 17.2. The second-order valence-electron chi connectivity index (χ2n) is 25.7. The van der Waals surface area contributed by atoms with E-state index in [1.165, 1.54) is 84.0 Å². The maximum Gasteiger partial charge on any atom is 0.297 e. The van der Waals surface area contributed by atoms with Gasteiger partial charge in [-0.2, -0.15) is 0 Å². The van der Waals surface area contributed by atoms with E-state index in [-0.39, 0.29) is 44.6 Å². The molecule has 8 rings (SSSR count). The van der Waals surface area contributed by atoms with Gasteiger partial charge in [0.25, 0.3) is 6.71 Å². The second kappa shape index (κ2) is 13.4. The molecule has 3 aliphatic rings. The molecule has 1 aromatic heterocycles. The van der Waals surface area contributed by atoms with Crippen LogP contribution in [0.25, 0.3) is 0 Å². The standard InChI is InChI=1S/C57H75BN2O/c1-34-25-44-47-45(26-34)60(41-31-38(54(11,12)13)28-39(32-41)55(14,15)16)48-46-49(57(19,20)24-23-56(46,17)18)61-50(48)58(47)42-33-35(51(2,3)4)21-22-43(42)59(44)40-29-36(52(5,6)7)27-37(30-40)53(8,9)10/h21-22,25-33H,23-24H2,1-20H3. The fourth-order valence-electron chi connectivity index (χ4n) is 10.1. The molecule has 0 unspecified atom stereocenters. The van der Waals surface area contributed by atoms with Crippen LogP contribution in [-0.4, -0.2) is 6.71 Å². The van der Waals surface area contributed by atoms with Crippen molar-refractivity contribution in [3.8, 4) is 0 Å². The number of nitrogens with zero attached hydrogens (tertiary/aromatic N) is 2. The summed E-state index contributed by atoms with van der Waals surface area (Å²) in [5.74, 6) is 1.16. The first-order chi connectivity index (χ1) is 27.8. The predicted molar refractivity (Wildman–Crippen MR) is 266 cm³/mol. The lowest BCUT2D eigenvalue weighted by Crippen LogP contribution is -2.61. The molecule has 0 amide bonds. The van der Waals surface area contributed by atoms with E-state index in [1.54, 1.807) is 0 Å². The van der Waals surface area contributed by atoms with Gasteiger partial charge in [-0.05, 0) is 139 Å². The number of aryl methyl sites for hydroxylation is 1. The molecule has 4 aromatic carbocycles. The third kappa shape index (κ3) is 7.20. The highest BCUT2D eigenvalue weighted by atomic mass is 16.3. The van der Waals surface area contributed by atoms with Crippen LogP contribution in [0.1, 0.15) is 189 Å². The lowest BCUT2D eigenvalue weighted by atomic mass is 9.35. The molecule has 2 aliphatic heterocycles. The third-order valence-electron chi connectivity index (χ3n) is 14.4. The summed E-state index contributed by atoms with van der Waals surface area (Å²) in [6.07, 6.45) is 2.20. The van der Waals surface area contributed by atoms with Gasteiger partial charge >= 0.3 is 0 Å². The smallest absolute Gasteiger partial charge is 0.297 e. The Morgan fingerprint density at radius 1 is 0.492 bits per heavy atom. The Morgan fingerprint density at radius 2 is 0.918 bits per heavy atom. The van der Waals surface area contributed by atoms with E-state index in [1.807, 2.05) is 0 Å². The number of fused-ring (bicyclic) bond motifs is 6. The van der Waals surface area contributed by atoms with Gasteiger partial charge in [-0.3, -0.25) is 0 Å². The zero-order chi connectivity index (χ0) is 44.9. The lowest BCUT2D eigenvalue weighted by molar-refractivity contribution is 0.282. The maximum absolute atomic E-state index is 7.70. The van der Waals surface area contributed by atoms with Crippen molar-refractivity contribution in [2.75, 3.05) is 9.80 Å². The van der Waals surface area contributed by atoms with Gasteiger partial charge in [0.1, 0.15) is 5.76 Å². The second-order valence-corrected chi connectivity index (χ2v) is 25.7. The minimum absolute atomic E-state index is 0.0271. The summed E-state index contributed by atoms with van der Waals surface area (Å²) in [5.41, 5.74) is 20.2. The lowest BCUT2D eigenvalue weighted by Gasteiger charge is -2.45. The molecule has 3 heterocycles. The van der Waals surface area contributed by atoms with Crippen molar-refractivity contribution >= 4 is 57.4 Å². The van der Waals surface area contributed by atoms with Gasteiger partial charge in [0.05, 0.1) is 11.3 Å². The van der Waals surface area contributed by atoms with Gasteiger partial charge in [0.15, 0.2) is 0 Å². The molecule has 0 N–H and O–H groups in total. The summed E-state index contributed by atoms with van der Waals surface area (Å²) in [6, 6.07) is 27.1. The topological polar surface area (TPSA) is 19.6 Å². The Morgan fingerprint density at radius 3 is 1.38 bits per heavy atom. The largest absolute Gasteiger partial charge is 0.472 e. The Hall–Kier alpha value is -4.18. The number of hydrogen-bond donors (Lipinski definition) is 0. The molecular weight excluding hydrogens is 739 g/mol. The Bertz CT molecular complexity index is 2520. The summed E-state index contributed by atoms with van der Waals surface area (Å²) in [5, 5.41) is 0. The minimum atomic E-state index is -0.101. The average molecular weight is 815 g/mol. The molecule has 0 radical (unpaired) electrons. The van der Waals surface area contributed by atoms with Crippen molar-refractivity contribution in [2.24, 2.45) is 0 Å². The van der Waals surface area contributed by atoms with E-state index in [0.29, 0.717) is 0 Å². The molecule has 61 heavy (non-hydrogen) atoms. The van der Waals surface area contributed by atoms with Crippen LogP contribution in [0, 0.1) is 6.92 Å². The molecule has 1 aliphatic carbocycles. The Kier molecular flexibility index (Phi) is 9.56. The van der Waals surface area contributed by atoms with Crippen LogP contribution in [-0.2, 0) is 37.9 Å². The Balaban J connectivity index is 1.57. The molecule has 322 valence electrons. The van der Waals surface area contributed by atoms with Gasteiger partial charge in [-0.1, -0.05) is 156 Å². The molecule has 0 saturated carbocycles. The van der Waals surface area contributed by atoms with Gasteiger partial charge in [0, 0.05) is 39.4 Å². The van der Waals surface area contributed by atoms with Crippen LogP contribution >= 0.6 is 0 Å². The van der Waals surface area contributed by atoms with E-state index in [9.17, 15) is 0 Å². The summed E-state index contributed by atoms with van der Waals surface area (Å²) in [6.45, 7) is 47.2. The summed E-state index contributed by atoms with van der Waals surface area (Å²) < 4.78 is 7.70. The van der Waals surface area contributed by atoms with Crippen LogP contribution in [0.5, 0.6) is 0 Å². The van der Waals surface area contributed by atoms with E-state index in [2.05, 4.69) is 215 Å². The molecule has 0 fully saturated rings. The number of rotatable bonds is 2. The highest BCUT2D eigenvalue weighted by Crippen LogP contribution is 2.55. The van der Waals surface area contributed by atoms with Gasteiger partial charge in [0.2, 0.25) is 0 Å². The monoisotopic (exact) mass is 815 g/mol. The van der Waals surface area contributed by atoms with Crippen molar-refractivity contribution in [3.05, 3.63) is 111 Å². The molecule has 0 atom stereocenters. The fraction of sp³-hybridized carbons (Fsp3) is 0.509. The van der Waals surface area contributed by atoms with Crippen LogP contribution in [0.2, 0.25) is 0 Å². The SMILES string of the molecule is Cc1cc2c3c(c1)N(c1cc(C(C)(C)C)cc(C(C)(C)C)c1)c1c(oc4c1C(C)(C)CCC4(C)C)B3c1cc(C(C)(C)C)ccc1N2c1cc(C(C)(C)C)cc(C(C)(C)C)c1. The van der Waals surface area contributed by atoms with Crippen LogP contribution in [0.4, 0.5) is 34.1 Å². The number of anilines is 6. The first-order valence-electron chi connectivity index (χ1n) is 23.2. The van der Waals surface area contributed by atoms with Gasteiger partial charge in [-0.25, -0.2) is 0 Å². The molecule has 5 aromatic rings. The van der Waals surface area contributed by atoms with E-state index >= 15 is 0 Å². The van der Waals surface area contributed by atoms with Crippen molar-refractivity contribution in [1.82, 2.24) is 0 Å². The zero-order valence-corrected chi connectivity index (χ0v) is 41.6. The highest BCUT2D eigenvalue weighted by Gasteiger charge is 2.52. The van der Waals surface area contributed by atoms with E-state index in [0.717, 1.165) is 24.3 Å². The maximum atomic E-state index is 7.70. The summed E-state index contributed by atoms with van der Waals surface area (Å²) >= 11 is 0. The molecule has 3 nitrogen and oxygen atoms in total. The average Bonchev–Trinajstić information content (AvgIpc) is 3.54. The van der Waals surface area contributed by atoms with Crippen molar-refractivity contribution in [3.63, 3.8) is 0 Å². The zero-order valence-electron chi connectivity index (χ0n) is 41.6. The summed E-state index contributed by atoms with van der Waals surface area (Å²) in [4.78, 5) is 5.28. The first kappa shape index (κ1) is 43.5. The molecule has 0 bridgehead atoms. The van der Waals surface area contributed by atoms with Gasteiger partial charge in [-0.15, -0.1) is 0 Å². The van der Waals surface area contributed by atoms with Crippen molar-refractivity contribution in [1.29, 1.82) is 0 Å². The highest BCUT2D eigenvalue weighted by molar-refractivity contribution is 6.99.